The van der Waals surface area contributed by atoms with Crippen molar-refractivity contribution >= 4 is 17.7 Å². The van der Waals surface area contributed by atoms with Crippen molar-refractivity contribution < 1.29 is 4.58 Å². The Balaban J connectivity index is 2.07. The number of rotatable bonds is 10. The molecule has 1 atom stereocenters. The molecule has 30 heavy (non-hydrogen) atoms. The van der Waals surface area contributed by atoms with Gasteiger partial charge in [-0.3, -0.25) is 0 Å². The van der Waals surface area contributed by atoms with Crippen molar-refractivity contribution in [1.82, 2.24) is 0 Å². The minimum Gasteiger partial charge on any atom is -0.229 e. The largest absolute Gasteiger partial charge is 0.244 e. The van der Waals surface area contributed by atoms with Gasteiger partial charge in [0.2, 0.25) is 6.34 Å². The zero-order valence-corrected chi connectivity index (χ0v) is 19.9. The average molecular weight is 406 g/mol. The van der Waals surface area contributed by atoms with Crippen molar-refractivity contribution in [2.75, 3.05) is 18.0 Å². The fraction of sp³-hybridized carbons (Fsp3) is 0.536. The number of hydrogen-bond acceptors (Lipinski definition) is 1. The van der Waals surface area contributed by atoms with Gasteiger partial charge >= 0.3 is 0 Å². The van der Waals surface area contributed by atoms with Crippen molar-refractivity contribution in [2.45, 2.75) is 85.5 Å². The van der Waals surface area contributed by atoms with Crippen molar-refractivity contribution in [3.8, 4) is 0 Å². The molecule has 162 valence electrons. The van der Waals surface area contributed by atoms with E-state index >= 15 is 0 Å². The van der Waals surface area contributed by atoms with Gasteiger partial charge in [0.1, 0.15) is 24.5 Å². The molecule has 2 heteroatoms. The van der Waals surface area contributed by atoms with E-state index < -0.39 is 0 Å². The van der Waals surface area contributed by atoms with Crippen molar-refractivity contribution in [3.63, 3.8) is 0 Å². The van der Waals surface area contributed by atoms with E-state index in [-0.39, 0.29) is 0 Å². The zero-order valence-electron chi connectivity index (χ0n) is 19.9. The first kappa shape index (κ1) is 22.6. The van der Waals surface area contributed by atoms with Crippen LogP contribution in [0.5, 0.6) is 0 Å². The molecule has 0 aliphatic carbocycles. The summed E-state index contributed by atoms with van der Waals surface area (Å²) in [5.41, 5.74) is 8.97. The Morgan fingerprint density at radius 3 is 2.00 bits per heavy atom. The maximum absolute atomic E-state index is 2.55. The molecule has 0 fully saturated rings. The number of anilines is 1. The number of aryl methyl sites for hydroxylation is 3. The van der Waals surface area contributed by atoms with Crippen LogP contribution in [0.3, 0.4) is 0 Å². The Kier molecular flexibility index (Phi) is 8.13. The third-order valence-electron chi connectivity index (χ3n) is 6.49. The predicted octanol–water partition coefficient (Wildman–Crippen LogP) is 7.25. The van der Waals surface area contributed by atoms with Gasteiger partial charge in [-0.2, -0.15) is 0 Å². The van der Waals surface area contributed by atoms with E-state index in [4.69, 9.17) is 0 Å². The predicted molar refractivity (Wildman–Crippen MR) is 132 cm³/mol. The molecule has 0 saturated carbocycles. The van der Waals surface area contributed by atoms with Crippen molar-refractivity contribution in [2.24, 2.45) is 0 Å². The Morgan fingerprint density at radius 2 is 1.40 bits per heavy atom. The lowest BCUT2D eigenvalue weighted by Crippen LogP contribution is -2.22. The highest BCUT2D eigenvalue weighted by Gasteiger charge is 2.29. The maximum Gasteiger partial charge on any atom is 0.244 e. The molecule has 1 aliphatic rings. The smallest absolute Gasteiger partial charge is 0.229 e. The molecule has 0 bridgehead atoms. The van der Waals surface area contributed by atoms with Gasteiger partial charge in [-0.1, -0.05) is 90.3 Å². The minimum absolute atomic E-state index is 0.585. The second kappa shape index (κ2) is 10.8. The SMILES string of the molecule is CCCc1cccc(C(C)CC)c1N1C=[N+](c2c(CCC)cccc2CCC)CC1. The minimum atomic E-state index is 0.585. The van der Waals surface area contributed by atoms with Crippen LogP contribution in [0.4, 0.5) is 11.4 Å². The quantitative estimate of drug-likeness (QED) is 0.377. The molecule has 0 radical (unpaired) electrons. The lowest BCUT2D eigenvalue weighted by Gasteiger charge is -2.20. The third-order valence-corrected chi connectivity index (χ3v) is 6.49. The summed E-state index contributed by atoms with van der Waals surface area (Å²) in [4.78, 5) is 2.55. The molecule has 0 amide bonds. The van der Waals surface area contributed by atoms with Crippen LogP contribution in [-0.4, -0.2) is 24.0 Å². The summed E-state index contributed by atoms with van der Waals surface area (Å²) in [5.74, 6) is 0.585. The van der Waals surface area contributed by atoms with E-state index in [0.29, 0.717) is 5.92 Å². The standard InChI is InChI=1S/C28H41N2/c1-6-12-23-15-10-16-24(13-7-2)27(23)29-19-20-30(21-29)28-25(14-8-3)17-11-18-26(28)22(5)9-4/h10-11,15-18,21-22H,6-9,12-14,19-20H2,1-5H3/q+1. The second-order valence-electron chi connectivity index (χ2n) is 8.84. The zero-order chi connectivity index (χ0) is 21.5. The third kappa shape index (κ3) is 4.79. The van der Waals surface area contributed by atoms with Gasteiger partial charge in [0.15, 0.2) is 0 Å². The lowest BCUT2D eigenvalue weighted by molar-refractivity contribution is -0.425. The van der Waals surface area contributed by atoms with Gasteiger partial charge in [-0.15, -0.1) is 0 Å². The Bertz CT molecular complexity index is 841. The van der Waals surface area contributed by atoms with Crippen LogP contribution in [-0.2, 0) is 19.3 Å². The molecule has 0 saturated heterocycles. The summed E-state index contributed by atoms with van der Waals surface area (Å²) in [7, 11) is 0. The molecule has 2 nitrogen and oxygen atoms in total. The molecule has 1 unspecified atom stereocenters. The van der Waals surface area contributed by atoms with Crippen LogP contribution in [0.1, 0.15) is 88.5 Å². The van der Waals surface area contributed by atoms with Gasteiger partial charge < -0.3 is 0 Å². The summed E-state index contributed by atoms with van der Waals surface area (Å²) < 4.78 is 2.54. The van der Waals surface area contributed by atoms with Crippen LogP contribution in [0.2, 0.25) is 0 Å². The first-order chi connectivity index (χ1) is 14.6. The van der Waals surface area contributed by atoms with E-state index in [1.54, 1.807) is 0 Å². The molecular formula is C28H41N2+. The Hall–Kier alpha value is -2.09. The van der Waals surface area contributed by atoms with Gasteiger partial charge in [-0.05, 0) is 48.3 Å². The number of hydrogen-bond donors (Lipinski definition) is 0. The van der Waals surface area contributed by atoms with E-state index in [1.165, 1.54) is 59.3 Å². The second-order valence-corrected chi connectivity index (χ2v) is 8.84. The topological polar surface area (TPSA) is 6.25 Å². The van der Waals surface area contributed by atoms with Gasteiger partial charge in [-0.25, -0.2) is 9.48 Å². The highest BCUT2D eigenvalue weighted by atomic mass is 15.3. The summed E-state index contributed by atoms with van der Waals surface area (Å²) in [6, 6.07) is 13.9. The van der Waals surface area contributed by atoms with Gasteiger partial charge in [0.25, 0.3) is 0 Å². The van der Waals surface area contributed by atoms with Crippen LogP contribution in [0.25, 0.3) is 0 Å². The van der Waals surface area contributed by atoms with E-state index in [2.05, 4.69) is 86.8 Å². The Morgan fingerprint density at radius 1 is 0.833 bits per heavy atom. The molecule has 0 N–H and O–H groups in total. The Labute approximate surface area is 184 Å². The van der Waals surface area contributed by atoms with Gasteiger partial charge in [0, 0.05) is 5.56 Å². The fourth-order valence-corrected chi connectivity index (χ4v) is 4.84. The normalized spacial score (nSPS) is 14.8. The number of nitrogens with zero attached hydrogens (tertiary/aromatic N) is 2. The number of benzene rings is 2. The first-order valence-electron chi connectivity index (χ1n) is 12.2. The highest BCUT2D eigenvalue weighted by molar-refractivity contribution is 5.82. The maximum atomic E-state index is 2.55. The fourth-order valence-electron chi connectivity index (χ4n) is 4.84. The molecular weight excluding hydrogens is 364 g/mol. The molecule has 0 aromatic heterocycles. The first-order valence-corrected chi connectivity index (χ1v) is 12.2. The van der Waals surface area contributed by atoms with Crippen LogP contribution >= 0.6 is 0 Å². The molecule has 3 rings (SSSR count). The lowest BCUT2D eigenvalue weighted by atomic mass is 9.92. The van der Waals surface area contributed by atoms with Crippen molar-refractivity contribution in [1.29, 1.82) is 0 Å². The van der Waals surface area contributed by atoms with Crippen molar-refractivity contribution in [3.05, 3.63) is 58.7 Å². The van der Waals surface area contributed by atoms with E-state index in [0.717, 1.165) is 32.4 Å². The summed E-state index contributed by atoms with van der Waals surface area (Å²) in [6.07, 6.45) is 10.6. The molecule has 0 spiro atoms. The highest BCUT2D eigenvalue weighted by Crippen LogP contribution is 2.35. The molecule has 1 aliphatic heterocycles. The molecule has 1 heterocycles. The number of para-hydroxylation sites is 2. The monoisotopic (exact) mass is 405 g/mol. The summed E-state index contributed by atoms with van der Waals surface area (Å²) >= 11 is 0. The summed E-state index contributed by atoms with van der Waals surface area (Å²) in [5, 5.41) is 0. The van der Waals surface area contributed by atoms with Crippen LogP contribution in [0.15, 0.2) is 36.4 Å². The van der Waals surface area contributed by atoms with Crippen LogP contribution < -0.4 is 4.90 Å². The van der Waals surface area contributed by atoms with E-state index in [1.807, 2.05) is 0 Å². The molecule has 2 aromatic rings. The molecule has 2 aromatic carbocycles. The van der Waals surface area contributed by atoms with Crippen LogP contribution in [0, 0.1) is 0 Å². The average Bonchev–Trinajstić information content (AvgIpc) is 3.23. The van der Waals surface area contributed by atoms with Gasteiger partial charge in [0.05, 0.1) is 0 Å². The summed E-state index contributed by atoms with van der Waals surface area (Å²) in [6.45, 7) is 13.7. The van der Waals surface area contributed by atoms with E-state index in [9.17, 15) is 0 Å².